The van der Waals surface area contributed by atoms with Crippen LogP contribution in [0.1, 0.15) is 26.2 Å². The lowest BCUT2D eigenvalue weighted by molar-refractivity contribution is 0.677. The predicted molar refractivity (Wildman–Crippen MR) is 36.4 cm³/mol. The molecule has 0 saturated heterocycles. The molecule has 0 spiro atoms. The van der Waals surface area contributed by atoms with Crippen molar-refractivity contribution in [3.63, 3.8) is 0 Å². The monoisotopic (exact) mass is 112 g/mol. The van der Waals surface area contributed by atoms with E-state index in [0.29, 0.717) is 0 Å². The molecule has 0 saturated carbocycles. The van der Waals surface area contributed by atoms with E-state index in [0.717, 1.165) is 6.54 Å². The van der Waals surface area contributed by atoms with Crippen LogP contribution in [0.15, 0.2) is 6.58 Å². The third-order valence-corrected chi connectivity index (χ3v) is 1.03. The van der Waals surface area contributed by atoms with Crippen molar-refractivity contribution >= 4 is 0 Å². The molecule has 1 nitrogen and oxygen atoms in total. The van der Waals surface area contributed by atoms with Crippen molar-refractivity contribution < 1.29 is 0 Å². The highest BCUT2D eigenvalue weighted by Gasteiger charge is 1.80. The number of rotatable bonds is 5. The SMILES string of the molecule is C=[C]NCCCCC. The van der Waals surface area contributed by atoms with E-state index >= 15 is 0 Å². The van der Waals surface area contributed by atoms with Crippen LogP contribution in [0, 0.1) is 6.20 Å². The zero-order valence-electron chi connectivity index (χ0n) is 5.54. The van der Waals surface area contributed by atoms with Crippen molar-refractivity contribution in [1.29, 1.82) is 0 Å². The van der Waals surface area contributed by atoms with Crippen molar-refractivity contribution in [2.24, 2.45) is 0 Å². The summed E-state index contributed by atoms with van der Waals surface area (Å²) < 4.78 is 0. The maximum atomic E-state index is 3.42. The maximum absolute atomic E-state index is 3.42. The summed E-state index contributed by atoms with van der Waals surface area (Å²) in [6.45, 7) is 6.64. The molecule has 0 heterocycles. The Morgan fingerprint density at radius 2 is 2.25 bits per heavy atom. The lowest BCUT2D eigenvalue weighted by Crippen LogP contribution is -2.05. The third kappa shape index (κ3) is 5.54. The average Bonchev–Trinajstić information content (AvgIpc) is 1.81. The molecule has 0 amide bonds. The summed E-state index contributed by atoms with van der Waals surface area (Å²) in [5.74, 6) is 0. The van der Waals surface area contributed by atoms with Crippen LogP contribution in [0.2, 0.25) is 0 Å². The van der Waals surface area contributed by atoms with Gasteiger partial charge in [0.15, 0.2) is 0 Å². The first kappa shape index (κ1) is 7.54. The van der Waals surface area contributed by atoms with E-state index in [1.165, 1.54) is 19.3 Å². The standard InChI is InChI=1S/C7H14N/c1-3-5-6-7-8-4-2/h8H,2-3,5-7H2,1H3. The average molecular weight is 112 g/mol. The van der Waals surface area contributed by atoms with Gasteiger partial charge < -0.3 is 5.32 Å². The van der Waals surface area contributed by atoms with Crippen molar-refractivity contribution in [1.82, 2.24) is 5.32 Å². The van der Waals surface area contributed by atoms with Crippen molar-refractivity contribution in [3.05, 3.63) is 12.8 Å². The molecule has 0 fully saturated rings. The highest BCUT2D eigenvalue weighted by molar-refractivity contribution is 4.51. The second-order valence-corrected chi connectivity index (χ2v) is 1.81. The van der Waals surface area contributed by atoms with E-state index in [9.17, 15) is 0 Å². The molecule has 1 radical (unpaired) electrons. The topological polar surface area (TPSA) is 12.0 Å². The Kier molecular flexibility index (Phi) is 6.16. The minimum atomic E-state index is 1.03. The summed E-state index contributed by atoms with van der Waals surface area (Å²) in [6.07, 6.45) is 6.44. The Hall–Kier alpha value is -0.460. The van der Waals surface area contributed by atoms with E-state index in [-0.39, 0.29) is 0 Å². The van der Waals surface area contributed by atoms with E-state index in [2.05, 4.69) is 25.0 Å². The molecule has 0 aromatic rings. The Labute approximate surface area is 51.8 Å². The first-order chi connectivity index (χ1) is 3.91. The molecule has 0 atom stereocenters. The van der Waals surface area contributed by atoms with Crippen LogP contribution in [-0.4, -0.2) is 6.54 Å². The van der Waals surface area contributed by atoms with Crippen molar-refractivity contribution in [3.8, 4) is 0 Å². The van der Waals surface area contributed by atoms with Gasteiger partial charge in [-0.1, -0.05) is 26.3 Å². The van der Waals surface area contributed by atoms with Gasteiger partial charge >= 0.3 is 0 Å². The number of unbranched alkanes of at least 4 members (excludes halogenated alkanes) is 2. The van der Waals surface area contributed by atoms with Gasteiger partial charge in [0.25, 0.3) is 0 Å². The van der Waals surface area contributed by atoms with Gasteiger partial charge in [-0.2, -0.15) is 0 Å². The zero-order valence-corrected chi connectivity index (χ0v) is 5.54. The second-order valence-electron chi connectivity index (χ2n) is 1.81. The molecule has 0 aliphatic carbocycles. The largest absolute Gasteiger partial charge is 0.384 e. The van der Waals surface area contributed by atoms with Crippen LogP contribution in [0.3, 0.4) is 0 Å². The van der Waals surface area contributed by atoms with Gasteiger partial charge in [0.1, 0.15) is 0 Å². The minimum absolute atomic E-state index is 1.03. The summed E-state index contributed by atoms with van der Waals surface area (Å²) in [7, 11) is 0. The van der Waals surface area contributed by atoms with E-state index in [1.54, 1.807) is 0 Å². The van der Waals surface area contributed by atoms with Crippen molar-refractivity contribution in [2.75, 3.05) is 6.54 Å². The number of hydrogen-bond donors (Lipinski definition) is 1. The van der Waals surface area contributed by atoms with Crippen LogP contribution in [0.25, 0.3) is 0 Å². The van der Waals surface area contributed by atoms with Gasteiger partial charge in [-0.15, -0.1) is 0 Å². The first-order valence-corrected chi connectivity index (χ1v) is 3.16. The molecule has 1 N–H and O–H groups in total. The van der Waals surface area contributed by atoms with Gasteiger partial charge in [-0.25, -0.2) is 0 Å². The summed E-state index contributed by atoms with van der Waals surface area (Å²) in [5.41, 5.74) is 0. The number of hydrogen-bond acceptors (Lipinski definition) is 1. The fourth-order valence-electron chi connectivity index (χ4n) is 0.552. The number of nitrogens with one attached hydrogen (secondary N) is 1. The predicted octanol–water partition coefficient (Wildman–Crippen LogP) is 1.71. The van der Waals surface area contributed by atoms with Crippen molar-refractivity contribution in [2.45, 2.75) is 26.2 Å². The van der Waals surface area contributed by atoms with E-state index < -0.39 is 0 Å². The molecular weight excluding hydrogens is 98.1 g/mol. The second kappa shape index (κ2) is 6.54. The summed E-state index contributed by atoms with van der Waals surface area (Å²) in [6, 6.07) is 0. The minimum Gasteiger partial charge on any atom is -0.384 e. The van der Waals surface area contributed by atoms with Gasteiger partial charge in [-0.05, 0) is 6.42 Å². The fraction of sp³-hybridized carbons (Fsp3) is 0.714. The van der Waals surface area contributed by atoms with Gasteiger partial charge in [0.2, 0.25) is 0 Å². The normalized spacial score (nSPS) is 8.62. The van der Waals surface area contributed by atoms with Crippen LogP contribution in [0.5, 0.6) is 0 Å². The van der Waals surface area contributed by atoms with E-state index in [1.807, 2.05) is 0 Å². The molecule has 0 unspecified atom stereocenters. The molecular formula is C7H14N. The van der Waals surface area contributed by atoms with Crippen LogP contribution < -0.4 is 5.32 Å². The van der Waals surface area contributed by atoms with Gasteiger partial charge in [-0.3, -0.25) is 0 Å². The Morgan fingerprint density at radius 3 is 2.75 bits per heavy atom. The lowest BCUT2D eigenvalue weighted by Gasteiger charge is -1.95. The fourth-order valence-corrected chi connectivity index (χ4v) is 0.552. The molecule has 1 heteroatoms. The molecule has 0 aromatic carbocycles. The molecule has 47 valence electrons. The van der Waals surface area contributed by atoms with Gasteiger partial charge in [0, 0.05) is 12.7 Å². The first-order valence-electron chi connectivity index (χ1n) is 3.16. The molecule has 0 bridgehead atoms. The summed E-state index contributed by atoms with van der Waals surface area (Å²) >= 11 is 0. The van der Waals surface area contributed by atoms with Crippen LogP contribution in [-0.2, 0) is 0 Å². The molecule has 8 heavy (non-hydrogen) atoms. The Bertz CT molecular complexity index is 50.3. The molecule has 0 aliphatic rings. The van der Waals surface area contributed by atoms with E-state index in [4.69, 9.17) is 0 Å². The molecule has 0 aliphatic heterocycles. The zero-order chi connectivity index (χ0) is 6.24. The third-order valence-electron chi connectivity index (χ3n) is 1.03. The highest BCUT2D eigenvalue weighted by atomic mass is 14.8. The molecule has 0 rings (SSSR count). The Balaban J connectivity index is 2.62. The quantitative estimate of drug-likeness (QED) is 0.421. The summed E-state index contributed by atoms with van der Waals surface area (Å²) in [4.78, 5) is 0. The van der Waals surface area contributed by atoms with Crippen LogP contribution in [0.4, 0.5) is 0 Å². The summed E-state index contributed by atoms with van der Waals surface area (Å²) in [5, 5.41) is 2.92. The lowest BCUT2D eigenvalue weighted by atomic mass is 10.2. The molecule has 0 aromatic heterocycles. The van der Waals surface area contributed by atoms with Crippen LogP contribution >= 0.6 is 0 Å². The maximum Gasteiger partial charge on any atom is 0.0496 e. The highest BCUT2D eigenvalue weighted by Crippen LogP contribution is 1.89. The van der Waals surface area contributed by atoms with Gasteiger partial charge in [0.05, 0.1) is 0 Å². The Morgan fingerprint density at radius 1 is 1.50 bits per heavy atom. The smallest absolute Gasteiger partial charge is 0.0496 e.